The van der Waals surface area contributed by atoms with E-state index in [1.165, 1.54) is 16.8 Å². The number of rotatable bonds is 8. The molecule has 28 heavy (non-hydrogen) atoms. The van der Waals surface area contributed by atoms with Gasteiger partial charge in [0.15, 0.2) is 5.78 Å². The van der Waals surface area contributed by atoms with Crippen LogP contribution in [0.15, 0.2) is 35.3 Å². The van der Waals surface area contributed by atoms with Crippen molar-refractivity contribution < 1.29 is 23.9 Å². The standard InChI is InChI=1S/C19H20ClFN2O5/c1-10(2)17(18(27)22-14(8-16(25)26)15(24)9-21)23-6-5-11-3-4-12(20)7-13(11)19(23)28/h3-7,10,14,17H,8-9H2,1-2H3,(H,22,27)(H,25,26)/t14-,17+/m1/s1. The average molecular weight is 411 g/mol. The minimum atomic E-state index is -1.51. The van der Waals surface area contributed by atoms with Gasteiger partial charge in [0.2, 0.25) is 5.91 Å². The first-order valence-electron chi connectivity index (χ1n) is 8.57. The molecule has 2 aromatic rings. The number of carboxylic acid groups (broad SMARTS) is 1. The maximum Gasteiger partial charge on any atom is 0.305 e. The molecule has 7 nitrogen and oxygen atoms in total. The molecule has 0 bridgehead atoms. The predicted octanol–water partition coefficient (Wildman–Crippen LogP) is 2.35. The molecule has 9 heteroatoms. The van der Waals surface area contributed by atoms with E-state index in [0.29, 0.717) is 15.8 Å². The highest BCUT2D eigenvalue weighted by molar-refractivity contribution is 6.31. The van der Waals surface area contributed by atoms with E-state index in [1.54, 1.807) is 32.0 Å². The third-order valence-electron chi connectivity index (χ3n) is 4.31. The normalized spacial score (nSPS) is 13.3. The van der Waals surface area contributed by atoms with Crippen LogP contribution in [0.4, 0.5) is 4.39 Å². The number of carbonyl (C=O) groups is 3. The highest BCUT2D eigenvalue weighted by atomic mass is 35.5. The summed E-state index contributed by atoms with van der Waals surface area (Å²) in [4.78, 5) is 48.3. The molecule has 0 radical (unpaired) electrons. The summed E-state index contributed by atoms with van der Waals surface area (Å²) in [6.07, 6.45) is 0.702. The number of Topliss-reactive ketones (excluding diaryl/α,β-unsaturated/α-hetero) is 1. The van der Waals surface area contributed by atoms with Crippen molar-refractivity contribution in [3.05, 3.63) is 45.8 Å². The van der Waals surface area contributed by atoms with Gasteiger partial charge < -0.3 is 15.0 Å². The molecule has 0 aliphatic rings. The van der Waals surface area contributed by atoms with Crippen LogP contribution < -0.4 is 10.9 Å². The van der Waals surface area contributed by atoms with Crippen molar-refractivity contribution >= 4 is 40.0 Å². The number of carboxylic acids is 1. The molecule has 2 atom stereocenters. The van der Waals surface area contributed by atoms with Crippen molar-refractivity contribution in [1.29, 1.82) is 0 Å². The molecule has 0 saturated carbocycles. The molecule has 0 aliphatic heterocycles. The van der Waals surface area contributed by atoms with E-state index in [9.17, 15) is 23.6 Å². The maximum absolute atomic E-state index is 12.9. The largest absolute Gasteiger partial charge is 0.481 e. The molecule has 2 rings (SSSR count). The number of hydrogen-bond acceptors (Lipinski definition) is 4. The van der Waals surface area contributed by atoms with Gasteiger partial charge in [0, 0.05) is 16.6 Å². The van der Waals surface area contributed by atoms with Crippen molar-refractivity contribution in [2.75, 3.05) is 6.67 Å². The van der Waals surface area contributed by atoms with Gasteiger partial charge >= 0.3 is 5.97 Å². The maximum atomic E-state index is 12.9. The van der Waals surface area contributed by atoms with Crippen molar-refractivity contribution in [3.8, 4) is 0 Å². The lowest BCUT2D eigenvalue weighted by Crippen LogP contribution is -2.48. The number of fused-ring (bicyclic) bond motifs is 1. The van der Waals surface area contributed by atoms with Crippen molar-refractivity contribution in [2.24, 2.45) is 5.92 Å². The smallest absolute Gasteiger partial charge is 0.305 e. The Kier molecular flexibility index (Phi) is 6.90. The summed E-state index contributed by atoms with van der Waals surface area (Å²) >= 11 is 5.96. The number of aromatic nitrogens is 1. The Hall–Kier alpha value is -2.74. The van der Waals surface area contributed by atoms with Crippen LogP contribution in [-0.2, 0) is 14.4 Å². The van der Waals surface area contributed by atoms with Crippen LogP contribution in [0.1, 0.15) is 26.3 Å². The Labute approximate surface area is 165 Å². The first-order chi connectivity index (χ1) is 13.1. The van der Waals surface area contributed by atoms with Crippen LogP contribution in [-0.4, -0.2) is 40.0 Å². The number of ketones is 1. The second kappa shape index (κ2) is 8.97. The fourth-order valence-corrected chi connectivity index (χ4v) is 3.14. The number of alkyl halides is 1. The molecule has 0 unspecified atom stereocenters. The van der Waals surface area contributed by atoms with Gasteiger partial charge in [-0.05, 0) is 29.5 Å². The first kappa shape index (κ1) is 21.6. The van der Waals surface area contributed by atoms with Gasteiger partial charge in [0.25, 0.3) is 5.56 Å². The molecule has 1 aromatic carbocycles. The van der Waals surface area contributed by atoms with E-state index in [4.69, 9.17) is 16.7 Å². The van der Waals surface area contributed by atoms with E-state index in [-0.39, 0.29) is 5.92 Å². The summed E-state index contributed by atoms with van der Waals surface area (Å²) in [5, 5.41) is 12.5. The topological polar surface area (TPSA) is 105 Å². The Bertz CT molecular complexity index is 972. The highest BCUT2D eigenvalue weighted by Gasteiger charge is 2.30. The number of aliphatic carboxylic acids is 1. The number of nitrogens with one attached hydrogen (secondary N) is 1. The van der Waals surface area contributed by atoms with E-state index >= 15 is 0 Å². The Morgan fingerprint density at radius 1 is 1.25 bits per heavy atom. The third kappa shape index (κ3) is 4.75. The summed E-state index contributed by atoms with van der Waals surface area (Å²) in [5.74, 6) is -3.52. The van der Waals surface area contributed by atoms with Crippen molar-refractivity contribution in [3.63, 3.8) is 0 Å². The van der Waals surface area contributed by atoms with Gasteiger partial charge in [-0.25, -0.2) is 4.39 Å². The summed E-state index contributed by atoms with van der Waals surface area (Å²) in [6, 6.07) is 3.92. The lowest BCUT2D eigenvalue weighted by molar-refractivity contribution is -0.140. The van der Waals surface area contributed by atoms with E-state index in [2.05, 4.69) is 5.32 Å². The van der Waals surface area contributed by atoms with Crippen LogP contribution in [0, 0.1) is 5.92 Å². The molecular formula is C19H20ClFN2O5. The number of halogens is 2. The van der Waals surface area contributed by atoms with Crippen LogP contribution in [0.25, 0.3) is 10.8 Å². The quantitative estimate of drug-likeness (QED) is 0.695. The number of amides is 1. The average Bonchev–Trinajstić information content (AvgIpc) is 2.62. The first-order valence-corrected chi connectivity index (χ1v) is 8.94. The predicted molar refractivity (Wildman–Crippen MR) is 102 cm³/mol. The number of pyridine rings is 1. The van der Waals surface area contributed by atoms with Gasteiger partial charge in [-0.2, -0.15) is 0 Å². The summed E-state index contributed by atoms with van der Waals surface area (Å²) in [6.45, 7) is 1.99. The summed E-state index contributed by atoms with van der Waals surface area (Å²) in [7, 11) is 0. The molecule has 150 valence electrons. The minimum Gasteiger partial charge on any atom is -0.481 e. The lowest BCUT2D eigenvalue weighted by Gasteiger charge is -2.25. The molecule has 1 aromatic heterocycles. The molecule has 0 spiro atoms. The van der Waals surface area contributed by atoms with Crippen LogP contribution in [0.2, 0.25) is 5.02 Å². The van der Waals surface area contributed by atoms with E-state index in [0.717, 1.165) is 0 Å². The number of hydrogen-bond donors (Lipinski definition) is 2. The zero-order valence-electron chi connectivity index (χ0n) is 15.3. The van der Waals surface area contributed by atoms with Crippen LogP contribution in [0.5, 0.6) is 0 Å². The van der Waals surface area contributed by atoms with Crippen molar-refractivity contribution in [1.82, 2.24) is 9.88 Å². The molecule has 1 heterocycles. The second-order valence-corrected chi connectivity index (χ2v) is 7.14. The Morgan fingerprint density at radius 2 is 1.93 bits per heavy atom. The van der Waals surface area contributed by atoms with Gasteiger partial charge in [-0.1, -0.05) is 31.5 Å². The van der Waals surface area contributed by atoms with Crippen molar-refractivity contribution in [2.45, 2.75) is 32.4 Å². The number of nitrogens with zero attached hydrogens (tertiary/aromatic N) is 1. The molecule has 1 amide bonds. The van der Waals surface area contributed by atoms with Gasteiger partial charge in [0.1, 0.15) is 18.8 Å². The Balaban J connectivity index is 2.44. The Morgan fingerprint density at radius 3 is 2.50 bits per heavy atom. The number of benzene rings is 1. The fraction of sp³-hybridized carbons (Fsp3) is 0.368. The number of carbonyl (C=O) groups excluding carboxylic acids is 2. The van der Waals surface area contributed by atoms with E-state index < -0.39 is 48.4 Å². The summed E-state index contributed by atoms with van der Waals surface area (Å²) in [5.41, 5.74) is -0.458. The third-order valence-corrected chi connectivity index (χ3v) is 4.55. The molecule has 0 saturated heterocycles. The molecular weight excluding hydrogens is 391 g/mol. The lowest BCUT2D eigenvalue weighted by atomic mass is 10.0. The van der Waals surface area contributed by atoms with Gasteiger partial charge in [-0.15, -0.1) is 0 Å². The van der Waals surface area contributed by atoms with E-state index in [1.807, 2.05) is 0 Å². The molecule has 0 aliphatic carbocycles. The SMILES string of the molecule is CC(C)[C@@H](C(=O)N[C@H](CC(=O)O)C(=O)CF)n1ccc2ccc(Cl)cc2c1=O. The van der Waals surface area contributed by atoms with Crippen LogP contribution >= 0.6 is 11.6 Å². The summed E-state index contributed by atoms with van der Waals surface area (Å²) < 4.78 is 13.9. The van der Waals surface area contributed by atoms with Gasteiger partial charge in [0.05, 0.1) is 6.42 Å². The van der Waals surface area contributed by atoms with Gasteiger partial charge in [-0.3, -0.25) is 19.2 Å². The highest BCUT2D eigenvalue weighted by Crippen LogP contribution is 2.21. The zero-order valence-corrected chi connectivity index (χ0v) is 16.1. The second-order valence-electron chi connectivity index (χ2n) is 6.71. The molecule has 2 N–H and O–H groups in total. The molecule has 0 fully saturated rings. The zero-order chi connectivity index (χ0) is 21.0. The fourth-order valence-electron chi connectivity index (χ4n) is 2.97. The minimum absolute atomic E-state index is 0.315. The monoisotopic (exact) mass is 410 g/mol. The van der Waals surface area contributed by atoms with Crippen LogP contribution in [0.3, 0.4) is 0 Å².